The van der Waals surface area contributed by atoms with E-state index in [-0.39, 0.29) is 22.4 Å². The largest absolute Gasteiger partial charge is 2.00 e. The molecule has 0 spiro atoms. The van der Waals surface area contributed by atoms with Crippen LogP contribution in [0, 0.1) is 80.7 Å². The molecule has 0 amide bonds. The fraction of sp³-hybridized carbons (Fsp3) is 0.421. The average molecular weight is 451 g/mol. The summed E-state index contributed by atoms with van der Waals surface area (Å²) in [5.74, 6) is 2.84. The van der Waals surface area contributed by atoms with E-state index in [1.54, 1.807) is 0 Å². The van der Waals surface area contributed by atoms with Gasteiger partial charge in [-0.25, -0.2) is 0 Å². The van der Waals surface area contributed by atoms with Gasteiger partial charge in [-0.15, -0.1) is 0 Å². The van der Waals surface area contributed by atoms with Crippen LogP contribution in [0.2, 0.25) is 0 Å². The van der Waals surface area contributed by atoms with Crippen molar-refractivity contribution in [2.24, 2.45) is 10.8 Å². The van der Waals surface area contributed by atoms with E-state index in [1.807, 2.05) is 0 Å². The quantitative estimate of drug-likeness (QED) is 0.371. The van der Waals surface area contributed by atoms with Crippen LogP contribution in [0.25, 0.3) is 0 Å². The molecule has 1 nitrogen and oxygen atoms in total. The smallest absolute Gasteiger partial charge is 2.00 e. The third-order valence-corrected chi connectivity index (χ3v) is 3.06. The van der Waals surface area contributed by atoms with Crippen molar-refractivity contribution in [3.63, 3.8) is 0 Å². The van der Waals surface area contributed by atoms with Crippen molar-refractivity contribution in [1.82, 2.24) is 0 Å². The van der Waals surface area contributed by atoms with E-state index >= 15 is 0 Å². The van der Waals surface area contributed by atoms with Crippen LogP contribution in [0.3, 0.4) is 0 Å². The van der Waals surface area contributed by atoms with Gasteiger partial charge in [0.05, 0.1) is 0 Å². The fourth-order valence-electron chi connectivity index (χ4n) is 1.75. The van der Waals surface area contributed by atoms with Gasteiger partial charge in [-0.1, -0.05) is 41.5 Å². The molecule has 0 heterocycles. The Balaban J connectivity index is 0. The topological polar surface area (TPSA) is 19.9 Å². The van der Waals surface area contributed by atoms with Crippen molar-refractivity contribution < 1.29 is 27.0 Å². The van der Waals surface area contributed by atoms with Crippen molar-refractivity contribution in [3.8, 4) is 0 Å². The van der Waals surface area contributed by atoms with E-state index in [0.29, 0.717) is 10.8 Å². The molecule has 0 aromatic carbocycles. The predicted molar refractivity (Wildman–Crippen MR) is 83.7 cm³/mol. The third-order valence-electron chi connectivity index (χ3n) is 3.06. The molecule has 0 saturated heterocycles. The Hall–Kier alpha value is 0.480. The van der Waals surface area contributed by atoms with Crippen molar-refractivity contribution in [1.29, 1.82) is 0 Å². The van der Waals surface area contributed by atoms with Gasteiger partial charge in [0, 0.05) is 0 Å². The minimum Gasteiger partial charge on any atom is 2.00 e. The molecule has 0 aliphatic heterocycles. The molecule has 21 heavy (non-hydrogen) atoms. The molecule has 0 N–H and O–H groups in total. The van der Waals surface area contributed by atoms with E-state index in [0.717, 1.165) is 0 Å². The van der Waals surface area contributed by atoms with Crippen LogP contribution in [-0.4, -0.2) is 0 Å². The van der Waals surface area contributed by atoms with Gasteiger partial charge in [0.1, 0.15) is 0 Å². The monoisotopic (exact) mass is 451 g/mol. The molecule has 2 heteroatoms. The summed E-state index contributed by atoms with van der Waals surface area (Å²) in [6, 6.07) is 0. The Kier molecular flexibility index (Phi) is 12.5. The summed E-state index contributed by atoms with van der Waals surface area (Å²) in [6.07, 6.45) is 17.0. The molecule has 2 saturated carbocycles. The van der Waals surface area contributed by atoms with Gasteiger partial charge >= 0.3 is 33.7 Å². The minimum atomic E-state index is 0. The summed E-state index contributed by atoms with van der Waals surface area (Å²) in [5, 5.41) is 0. The first-order valence-electron chi connectivity index (χ1n) is 6.86. The SMILES string of the molecule is CC(C)(C)[C]1[CH][CH][CH][CH]1.CC(C)(C)[C]1[CH][CH][CH][CH]1.[C-]#[O+].[Ta+2]. The van der Waals surface area contributed by atoms with Crippen LogP contribution in [0.4, 0.5) is 0 Å². The molecule has 0 atom stereocenters. The van der Waals surface area contributed by atoms with Gasteiger partial charge in [0.25, 0.3) is 0 Å². The molecule has 2 rings (SSSR count). The van der Waals surface area contributed by atoms with E-state index < -0.39 is 0 Å². The third kappa shape index (κ3) is 9.97. The second kappa shape index (κ2) is 11.1. The summed E-state index contributed by atoms with van der Waals surface area (Å²) in [7, 11) is 0. The molecule has 2 fully saturated rings. The van der Waals surface area contributed by atoms with Crippen molar-refractivity contribution in [2.75, 3.05) is 0 Å². The number of hydrogen-bond acceptors (Lipinski definition) is 0. The summed E-state index contributed by atoms with van der Waals surface area (Å²) >= 11 is 0. The van der Waals surface area contributed by atoms with Crippen molar-refractivity contribution in [3.05, 3.63) is 69.9 Å². The summed E-state index contributed by atoms with van der Waals surface area (Å²) in [5.41, 5.74) is 0.646. The van der Waals surface area contributed by atoms with E-state index in [4.69, 9.17) is 4.65 Å². The maximum absolute atomic E-state index is 7.50. The molecular weight excluding hydrogens is 425 g/mol. The Morgan fingerprint density at radius 2 is 0.810 bits per heavy atom. The van der Waals surface area contributed by atoms with Crippen molar-refractivity contribution in [2.45, 2.75) is 41.5 Å². The zero-order valence-corrected chi connectivity index (χ0v) is 17.2. The Morgan fingerprint density at radius 3 is 0.905 bits per heavy atom. The van der Waals surface area contributed by atoms with Gasteiger partial charge in [0.2, 0.25) is 0 Å². The number of hydrogen-bond donors (Lipinski definition) is 0. The first-order valence-corrected chi connectivity index (χ1v) is 6.86. The molecule has 0 bridgehead atoms. The average Bonchev–Trinajstić information content (AvgIpc) is 3.04. The van der Waals surface area contributed by atoms with Gasteiger partial charge in [-0.2, -0.15) is 0 Å². The zero-order valence-electron chi connectivity index (χ0n) is 14.0. The first-order chi connectivity index (χ1) is 9.21. The molecule has 2 aliphatic rings. The van der Waals surface area contributed by atoms with Gasteiger partial charge in [0.15, 0.2) is 0 Å². The predicted octanol–water partition coefficient (Wildman–Crippen LogP) is 4.84. The normalized spacial score (nSPS) is 19.8. The molecule has 11 radical (unpaired) electrons. The minimum absolute atomic E-state index is 0. The summed E-state index contributed by atoms with van der Waals surface area (Å²) in [4.78, 5) is 0. The summed E-state index contributed by atoms with van der Waals surface area (Å²) < 4.78 is 7.50. The molecule has 0 unspecified atom stereocenters. The van der Waals surface area contributed by atoms with Gasteiger partial charge in [-0.3, -0.25) is 0 Å². The standard InChI is InChI=1S/2C9H13.CO.Ta/c2*1-9(2,3)8-6-4-5-7-8;1-2;/h2*4-7H,1-3H3;;/q;;;+2. The maximum Gasteiger partial charge on any atom is 2.00 e. The Morgan fingerprint density at radius 1 is 0.619 bits per heavy atom. The van der Waals surface area contributed by atoms with Crippen LogP contribution in [0.5, 0.6) is 0 Å². The zero-order chi connectivity index (χ0) is 15.8. The van der Waals surface area contributed by atoms with Crippen LogP contribution in [0.15, 0.2) is 0 Å². The molecule has 2 aliphatic carbocycles. The molecule has 111 valence electrons. The Labute approximate surface area is 149 Å². The molecule has 0 aromatic rings. The number of rotatable bonds is 0. The van der Waals surface area contributed by atoms with Gasteiger partial charge in [-0.05, 0) is 74.0 Å². The van der Waals surface area contributed by atoms with Crippen LogP contribution >= 0.6 is 0 Å². The summed E-state index contributed by atoms with van der Waals surface area (Å²) in [6.45, 7) is 17.8. The van der Waals surface area contributed by atoms with E-state index in [1.165, 1.54) is 11.8 Å². The van der Waals surface area contributed by atoms with E-state index in [2.05, 4.69) is 99.6 Å². The van der Waals surface area contributed by atoms with Crippen LogP contribution < -0.4 is 0 Å². The van der Waals surface area contributed by atoms with E-state index in [9.17, 15) is 0 Å². The fourth-order valence-corrected chi connectivity index (χ4v) is 1.75. The maximum atomic E-state index is 7.50. The second-order valence-corrected chi connectivity index (χ2v) is 6.85. The molecular formula is C19H26OTa+2. The van der Waals surface area contributed by atoms with Gasteiger partial charge < -0.3 is 0 Å². The Bertz CT molecular complexity index is 232. The van der Waals surface area contributed by atoms with Crippen LogP contribution in [-0.2, 0) is 27.0 Å². The van der Waals surface area contributed by atoms with Crippen molar-refractivity contribution >= 4 is 0 Å². The first kappa shape index (κ1) is 23.7. The molecule has 0 aromatic heterocycles. The van der Waals surface area contributed by atoms with Crippen LogP contribution in [0.1, 0.15) is 41.5 Å². The second-order valence-electron chi connectivity index (χ2n) is 6.85.